The van der Waals surface area contributed by atoms with Gasteiger partial charge >= 0.3 is 6.18 Å². The molecule has 1 amide bonds. The lowest BCUT2D eigenvalue weighted by Crippen LogP contribution is -2.43. The van der Waals surface area contributed by atoms with Gasteiger partial charge in [0.15, 0.2) is 5.72 Å². The number of halogens is 5. The zero-order valence-electron chi connectivity index (χ0n) is 13.0. The number of nitrogens with zero attached hydrogens (tertiary/aromatic N) is 2. The quantitative estimate of drug-likeness (QED) is 0.725. The van der Waals surface area contributed by atoms with Crippen molar-refractivity contribution in [1.82, 2.24) is 5.01 Å². The van der Waals surface area contributed by atoms with Crippen molar-refractivity contribution in [3.63, 3.8) is 0 Å². The van der Waals surface area contributed by atoms with Crippen LogP contribution < -0.4 is 0 Å². The third kappa shape index (κ3) is 3.36. The third-order valence-corrected chi connectivity index (χ3v) is 4.38. The van der Waals surface area contributed by atoms with E-state index in [1.807, 2.05) is 0 Å². The molecular formula is C17H11BrF4N2O2. The zero-order chi connectivity index (χ0) is 19.1. The number of hydrazone groups is 1. The summed E-state index contributed by atoms with van der Waals surface area (Å²) in [6.07, 6.45) is -5.78. The molecule has 0 unspecified atom stereocenters. The predicted molar refractivity (Wildman–Crippen MR) is 88.7 cm³/mol. The van der Waals surface area contributed by atoms with E-state index < -0.39 is 35.8 Å². The molecule has 9 heteroatoms. The first-order valence-corrected chi connectivity index (χ1v) is 8.14. The van der Waals surface area contributed by atoms with Crippen LogP contribution in [0.1, 0.15) is 22.3 Å². The summed E-state index contributed by atoms with van der Waals surface area (Å²) in [4.78, 5) is 12.7. The summed E-state index contributed by atoms with van der Waals surface area (Å²) in [5, 5.41) is 14.6. The summed E-state index contributed by atoms with van der Waals surface area (Å²) in [6.45, 7) is 0. The normalized spacial score (nSPS) is 20.2. The van der Waals surface area contributed by atoms with E-state index in [9.17, 15) is 27.5 Å². The average molecular weight is 431 g/mol. The Balaban J connectivity index is 2.08. The monoisotopic (exact) mass is 430 g/mol. The number of hydrogen-bond acceptors (Lipinski definition) is 3. The van der Waals surface area contributed by atoms with Gasteiger partial charge in [0.2, 0.25) is 0 Å². The van der Waals surface area contributed by atoms with Crippen LogP contribution in [0.25, 0.3) is 0 Å². The molecule has 1 aliphatic heterocycles. The van der Waals surface area contributed by atoms with Crippen molar-refractivity contribution in [3.8, 4) is 0 Å². The Morgan fingerprint density at radius 3 is 2.42 bits per heavy atom. The molecule has 1 N–H and O–H groups in total. The number of hydrogen-bond donors (Lipinski definition) is 1. The molecule has 136 valence electrons. The van der Waals surface area contributed by atoms with E-state index in [1.165, 1.54) is 18.2 Å². The fourth-order valence-corrected chi connectivity index (χ4v) is 3.00. The lowest BCUT2D eigenvalue weighted by molar-refractivity contribution is -0.0816. The van der Waals surface area contributed by atoms with Gasteiger partial charge < -0.3 is 5.11 Å². The first kappa shape index (κ1) is 18.5. The number of amides is 1. The number of carbonyl (C=O) groups is 1. The molecule has 3 rings (SSSR count). The molecular weight excluding hydrogens is 420 g/mol. The van der Waals surface area contributed by atoms with E-state index in [0.717, 1.165) is 24.3 Å². The molecule has 4 nitrogen and oxygen atoms in total. The molecule has 2 aromatic carbocycles. The van der Waals surface area contributed by atoms with Crippen LogP contribution in [0.4, 0.5) is 17.6 Å². The van der Waals surface area contributed by atoms with Gasteiger partial charge in [-0.2, -0.15) is 23.3 Å². The molecule has 0 saturated heterocycles. The average Bonchev–Trinajstić information content (AvgIpc) is 2.94. The van der Waals surface area contributed by atoms with Gasteiger partial charge in [0.25, 0.3) is 5.91 Å². The Morgan fingerprint density at radius 1 is 1.19 bits per heavy atom. The Bertz CT molecular complexity index is 883. The number of aliphatic hydroxyl groups is 1. The van der Waals surface area contributed by atoms with Gasteiger partial charge in [-0.15, -0.1) is 0 Å². The van der Waals surface area contributed by atoms with Gasteiger partial charge in [-0.05, 0) is 30.3 Å². The first-order chi connectivity index (χ1) is 12.1. The van der Waals surface area contributed by atoms with Crippen LogP contribution in [0.2, 0.25) is 0 Å². The highest BCUT2D eigenvalue weighted by Gasteiger charge is 2.53. The molecule has 0 saturated carbocycles. The van der Waals surface area contributed by atoms with E-state index in [4.69, 9.17) is 0 Å². The summed E-state index contributed by atoms with van der Waals surface area (Å²) in [5.41, 5.74) is -3.72. The van der Waals surface area contributed by atoms with Crippen LogP contribution >= 0.6 is 15.9 Å². The fraction of sp³-hybridized carbons (Fsp3) is 0.176. The molecule has 0 bridgehead atoms. The van der Waals surface area contributed by atoms with Gasteiger partial charge in [-0.25, -0.2) is 4.39 Å². The van der Waals surface area contributed by atoms with Gasteiger partial charge in [0.1, 0.15) is 11.5 Å². The lowest BCUT2D eigenvalue weighted by Gasteiger charge is -2.31. The maximum atomic E-state index is 13.2. The second-order valence-corrected chi connectivity index (χ2v) is 6.59. The second kappa shape index (κ2) is 6.48. The summed E-state index contributed by atoms with van der Waals surface area (Å²) >= 11 is 3.17. The van der Waals surface area contributed by atoms with Crippen LogP contribution in [0.3, 0.4) is 0 Å². The fourth-order valence-electron chi connectivity index (χ4n) is 2.60. The van der Waals surface area contributed by atoms with Crippen LogP contribution in [-0.4, -0.2) is 27.9 Å². The number of rotatable bonds is 2. The zero-order valence-corrected chi connectivity index (χ0v) is 14.6. The third-order valence-electron chi connectivity index (χ3n) is 3.88. The van der Waals surface area contributed by atoms with E-state index in [2.05, 4.69) is 21.0 Å². The Hall–Kier alpha value is -2.26. The molecule has 0 fully saturated rings. The van der Waals surface area contributed by atoms with E-state index in [1.54, 1.807) is 6.07 Å². The first-order valence-electron chi connectivity index (χ1n) is 7.34. The van der Waals surface area contributed by atoms with Gasteiger partial charge in [0.05, 0.1) is 6.42 Å². The van der Waals surface area contributed by atoms with E-state index >= 15 is 0 Å². The van der Waals surface area contributed by atoms with Gasteiger partial charge in [-0.3, -0.25) is 4.79 Å². The van der Waals surface area contributed by atoms with Crippen molar-refractivity contribution in [2.24, 2.45) is 5.10 Å². The smallest absolute Gasteiger partial charge is 0.365 e. The molecule has 1 atom stereocenters. The molecule has 26 heavy (non-hydrogen) atoms. The lowest BCUT2D eigenvalue weighted by atomic mass is 9.96. The van der Waals surface area contributed by atoms with Crippen molar-refractivity contribution < 1.29 is 27.5 Å². The minimum absolute atomic E-state index is 0.0343. The highest BCUT2D eigenvalue weighted by molar-refractivity contribution is 9.10. The number of alkyl halides is 3. The van der Waals surface area contributed by atoms with E-state index in [0.29, 0.717) is 9.48 Å². The standard InChI is InChI=1S/C17H11BrF4N2O2/c18-12-3-1-2-10(8-12)15(25)24-16(26,9-14(23-24)17(20,21)22)11-4-6-13(19)7-5-11/h1-8,26H,9H2/t16-/m0/s1. The molecule has 0 radical (unpaired) electrons. The topological polar surface area (TPSA) is 52.9 Å². The second-order valence-electron chi connectivity index (χ2n) is 5.67. The van der Waals surface area contributed by atoms with Crippen molar-refractivity contribution in [3.05, 3.63) is 69.9 Å². The number of carbonyl (C=O) groups excluding carboxylic acids is 1. The Labute approximate surface area is 153 Å². The maximum absolute atomic E-state index is 13.2. The highest BCUT2D eigenvalue weighted by Crippen LogP contribution is 2.40. The van der Waals surface area contributed by atoms with Crippen LogP contribution in [0.5, 0.6) is 0 Å². The summed E-state index contributed by atoms with van der Waals surface area (Å²) in [7, 11) is 0. The van der Waals surface area contributed by atoms with Crippen molar-refractivity contribution in [2.75, 3.05) is 0 Å². The molecule has 1 heterocycles. The summed E-state index contributed by atoms with van der Waals surface area (Å²) in [5.74, 6) is -1.55. The SMILES string of the molecule is O=C(c1cccc(Br)c1)N1N=C(C(F)(F)F)C[C@]1(O)c1ccc(F)cc1. The molecule has 0 spiro atoms. The van der Waals surface area contributed by atoms with Crippen molar-refractivity contribution in [2.45, 2.75) is 18.3 Å². The molecule has 1 aliphatic rings. The van der Waals surface area contributed by atoms with Crippen LogP contribution in [0, 0.1) is 5.82 Å². The van der Waals surface area contributed by atoms with Gasteiger partial charge in [0, 0.05) is 15.6 Å². The molecule has 2 aromatic rings. The highest BCUT2D eigenvalue weighted by atomic mass is 79.9. The maximum Gasteiger partial charge on any atom is 0.431 e. The molecule has 0 aromatic heterocycles. The minimum Gasteiger partial charge on any atom is -0.365 e. The largest absolute Gasteiger partial charge is 0.431 e. The molecule has 0 aliphatic carbocycles. The number of benzene rings is 2. The van der Waals surface area contributed by atoms with Crippen molar-refractivity contribution in [1.29, 1.82) is 0 Å². The van der Waals surface area contributed by atoms with E-state index in [-0.39, 0.29) is 11.1 Å². The van der Waals surface area contributed by atoms with Crippen LogP contribution in [-0.2, 0) is 5.72 Å². The Kier molecular flexibility index (Phi) is 4.61. The summed E-state index contributed by atoms with van der Waals surface area (Å²) < 4.78 is 53.1. The van der Waals surface area contributed by atoms with Crippen LogP contribution in [0.15, 0.2) is 58.1 Å². The Morgan fingerprint density at radius 2 is 1.85 bits per heavy atom. The predicted octanol–water partition coefficient (Wildman–Crippen LogP) is 4.20. The van der Waals surface area contributed by atoms with Crippen molar-refractivity contribution >= 4 is 27.5 Å². The van der Waals surface area contributed by atoms with Gasteiger partial charge in [-0.1, -0.05) is 34.1 Å². The minimum atomic E-state index is -4.82. The summed E-state index contributed by atoms with van der Waals surface area (Å²) in [6, 6.07) is 10.2.